The molecule has 8 bridgehead atoms. The summed E-state index contributed by atoms with van der Waals surface area (Å²) in [6.45, 7) is 0. The minimum absolute atomic E-state index is 0.270. The Morgan fingerprint density at radius 3 is 1.08 bits per heavy atom. The van der Waals surface area contributed by atoms with Gasteiger partial charge < -0.3 is 10.6 Å². The first-order valence-corrected chi connectivity index (χ1v) is 10.7. The predicted octanol–water partition coefficient (Wildman–Crippen LogP) is 4.12. The van der Waals surface area contributed by atoms with Crippen LogP contribution in [0.5, 0.6) is 0 Å². The Bertz CT molecular complexity index is 465. The molecule has 3 N–H and O–H groups in total. The molecule has 0 heterocycles. The van der Waals surface area contributed by atoms with Crippen molar-refractivity contribution in [2.75, 3.05) is 0 Å². The molecule has 8 aliphatic rings. The fourth-order valence-corrected chi connectivity index (χ4v) is 9.69. The summed E-state index contributed by atoms with van der Waals surface area (Å²) in [5, 5.41) is 8.63. The van der Waals surface area contributed by atoms with Crippen LogP contribution in [-0.4, -0.2) is 21.9 Å². The molecule has 0 aromatic carbocycles. The standard InChI is InChI=1S/C21H33N3/c22-19(23)24(20-7-13-1-14(8-20)3-15(2-13)9-20)21-10-16-4-17(11-21)6-18(5-16)12-21/h13-18H,1-12H2,(H3,22,23). The van der Waals surface area contributed by atoms with Crippen molar-refractivity contribution in [1.82, 2.24) is 4.90 Å². The number of guanidine groups is 1. The first-order chi connectivity index (χ1) is 11.5. The number of hydrogen-bond acceptors (Lipinski definition) is 1. The summed E-state index contributed by atoms with van der Waals surface area (Å²) in [6.07, 6.45) is 17.0. The van der Waals surface area contributed by atoms with Gasteiger partial charge in [-0.1, -0.05) is 0 Å². The Morgan fingerprint density at radius 1 is 0.625 bits per heavy atom. The third-order valence-corrected chi connectivity index (χ3v) is 9.20. The molecule has 0 saturated heterocycles. The summed E-state index contributed by atoms with van der Waals surface area (Å²) in [5.74, 6) is 6.05. The smallest absolute Gasteiger partial charge is 0.189 e. The topological polar surface area (TPSA) is 53.1 Å². The van der Waals surface area contributed by atoms with Crippen molar-refractivity contribution in [3.05, 3.63) is 0 Å². The van der Waals surface area contributed by atoms with Crippen LogP contribution < -0.4 is 5.73 Å². The quantitative estimate of drug-likeness (QED) is 0.592. The molecular formula is C21H33N3. The van der Waals surface area contributed by atoms with Gasteiger partial charge in [0, 0.05) is 11.1 Å². The highest BCUT2D eigenvalue weighted by Crippen LogP contribution is 2.64. The van der Waals surface area contributed by atoms with E-state index >= 15 is 0 Å². The van der Waals surface area contributed by atoms with Gasteiger partial charge in [-0.05, 0) is 113 Å². The van der Waals surface area contributed by atoms with E-state index < -0.39 is 0 Å². The molecule has 0 aliphatic heterocycles. The molecule has 0 radical (unpaired) electrons. The molecule has 0 aromatic heterocycles. The molecule has 132 valence electrons. The van der Waals surface area contributed by atoms with Crippen LogP contribution in [0.2, 0.25) is 0 Å². The van der Waals surface area contributed by atoms with Gasteiger partial charge in [0.2, 0.25) is 0 Å². The molecule has 0 amide bonds. The molecule has 24 heavy (non-hydrogen) atoms. The lowest BCUT2D eigenvalue weighted by molar-refractivity contribution is -0.146. The van der Waals surface area contributed by atoms with Crippen molar-refractivity contribution in [2.24, 2.45) is 41.2 Å². The molecule has 8 fully saturated rings. The molecule has 8 rings (SSSR count). The first-order valence-electron chi connectivity index (χ1n) is 10.7. The van der Waals surface area contributed by atoms with Crippen LogP contribution in [0.25, 0.3) is 0 Å². The molecule has 0 atom stereocenters. The maximum absolute atomic E-state index is 8.63. The summed E-state index contributed by atoms with van der Waals surface area (Å²) in [6, 6.07) is 0. The fraction of sp³-hybridized carbons (Fsp3) is 0.952. The summed E-state index contributed by atoms with van der Waals surface area (Å²) < 4.78 is 0. The highest BCUT2D eigenvalue weighted by molar-refractivity contribution is 5.77. The molecule has 8 aliphatic carbocycles. The average Bonchev–Trinajstić information content (AvgIpc) is 2.42. The molecule has 0 spiro atoms. The van der Waals surface area contributed by atoms with Crippen molar-refractivity contribution in [3.8, 4) is 0 Å². The number of rotatable bonds is 2. The van der Waals surface area contributed by atoms with Crippen LogP contribution in [0.1, 0.15) is 77.0 Å². The summed E-state index contributed by atoms with van der Waals surface area (Å²) >= 11 is 0. The SMILES string of the molecule is N=C(N)N(C12CC3CC(CC(C3)C1)C2)C12CC3CC(CC(C3)C1)C2. The second-order valence-corrected chi connectivity index (χ2v) is 11.0. The molecule has 0 unspecified atom stereocenters. The third-order valence-electron chi connectivity index (χ3n) is 9.20. The van der Waals surface area contributed by atoms with E-state index in [-0.39, 0.29) is 11.1 Å². The summed E-state index contributed by atoms with van der Waals surface area (Å²) in [5.41, 5.74) is 6.93. The lowest BCUT2D eigenvalue weighted by Gasteiger charge is -2.69. The van der Waals surface area contributed by atoms with Gasteiger partial charge in [0.1, 0.15) is 0 Å². The van der Waals surface area contributed by atoms with E-state index in [1.807, 2.05) is 0 Å². The zero-order valence-corrected chi connectivity index (χ0v) is 15.0. The first kappa shape index (κ1) is 14.4. The Balaban J connectivity index is 1.42. The van der Waals surface area contributed by atoms with Gasteiger partial charge in [-0.3, -0.25) is 5.41 Å². The number of hydrogen-bond donors (Lipinski definition) is 2. The lowest BCUT2D eigenvalue weighted by Crippen LogP contribution is -2.72. The number of nitrogens with zero attached hydrogens (tertiary/aromatic N) is 1. The Kier molecular flexibility index (Phi) is 2.71. The highest BCUT2D eigenvalue weighted by atomic mass is 15.3. The van der Waals surface area contributed by atoms with Crippen LogP contribution in [0.3, 0.4) is 0 Å². The summed E-state index contributed by atoms with van der Waals surface area (Å²) in [4.78, 5) is 2.61. The highest BCUT2D eigenvalue weighted by Gasteiger charge is 2.62. The number of nitrogens with one attached hydrogen (secondary N) is 1. The van der Waals surface area contributed by atoms with E-state index in [4.69, 9.17) is 11.1 Å². The van der Waals surface area contributed by atoms with E-state index in [1.54, 1.807) is 0 Å². The fourth-order valence-electron chi connectivity index (χ4n) is 9.69. The monoisotopic (exact) mass is 327 g/mol. The second-order valence-electron chi connectivity index (χ2n) is 11.0. The van der Waals surface area contributed by atoms with E-state index in [9.17, 15) is 0 Å². The predicted molar refractivity (Wildman–Crippen MR) is 95.6 cm³/mol. The van der Waals surface area contributed by atoms with Gasteiger partial charge in [0.25, 0.3) is 0 Å². The molecule has 3 heteroatoms. The maximum Gasteiger partial charge on any atom is 0.189 e. The van der Waals surface area contributed by atoms with Gasteiger partial charge in [-0.2, -0.15) is 0 Å². The van der Waals surface area contributed by atoms with Gasteiger partial charge in [-0.15, -0.1) is 0 Å². The Labute approximate surface area is 146 Å². The third kappa shape index (κ3) is 1.82. The molecule has 0 aromatic rings. The van der Waals surface area contributed by atoms with E-state index in [0.717, 1.165) is 35.5 Å². The normalized spacial score (nSPS) is 56.7. The second kappa shape index (κ2) is 4.51. The molecular weight excluding hydrogens is 294 g/mol. The maximum atomic E-state index is 8.63. The lowest BCUT2D eigenvalue weighted by atomic mass is 9.48. The van der Waals surface area contributed by atoms with Crippen molar-refractivity contribution in [1.29, 1.82) is 5.41 Å². The van der Waals surface area contributed by atoms with Crippen molar-refractivity contribution in [2.45, 2.75) is 88.1 Å². The molecule has 3 nitrogen and oxygen atoms in total. The number of nitrogens with two attached hydrogens (primary N) is 1. The average molecular weight is 328 g/mol. The van der Waals surface area contributed by atoms with Crippen LogP contribution in [0.4, 0.5) is 0 Å². The Morgan fingerprint density at radius 2 is 0.875 bits per heavy atom. The largest absolute Gasteiger partial charge is 0.370 e. The van der Waals surface area contributed by atoms with E-state index in [0.29, 0.717) is 5.96 Å². The van der Waals surface area contributed by atoms with Crippen LogP contribution >= 0.6 is 0 Å². The van der Waals surface area contributed by atoms with Gasteiger partial charge in [-0.25, -0.2) is 0 Å². The van der Waals surface area contributed by atoms with E-state index in [2.05, 4.69) is 4.90 Å². The van der Waals surface area contributed by atoms with Crippen LogP contribution in [0.15, 0.2) is 0 Å². The van der Waals surface area contributed by atoms with Gasteiger partial charge in [0.05, 0.1) is 0 Å². The van der Waals surface area contributed by atoms with Crippen molar-refractivity contribution < 1.29 is 0 Å². The zero-order chi connectivity index (χ0) is 16.1. The van der Waals surface area contributed by atoms with Crippen molar-refractivity contribution in [3.63, 3.8) is 0 Å². The van der Waals surface area contributed by atoms with Crippen LogP contribution in [-0.2, 0) is 0 Å². The zero-order valence-electron chi connectivity index (χ0n) is 15.0. The minimum atomic E-state index is 0.270. The molecule has 8 saturated carbocycles. The Hall–Kier alpha value is -0.730. The minimum Gasteiger partial charge on any atom is -0.370 e. The van der Waals surface area contributed by atoms with Crippen molar-refractivity contribution >= 4 is 5.96 Å². The summed E-state index contributed by atoms with van der Waals surface area (Å²) in [7, 11) is 0. The van der Waals surface area contributed by atoms with E-state index in [1.165, 1.54) is 77.0 Å². The van der Waals surface area contributed by atoms with Gasteiger partial charge in [0.15, 0.2) is 5.96 Å². The van der Waals surface area contributed by atoms with Gasteiger partial charge >= 0.3 is 0 Å². The van der Waals surface area contributed by atoms with Crippen LogP contribution in [0, 0.1) is 40.9 Å².